The number of ether oxygens (including phenoxy) is 1. The quantitative estimate of drug-likeness (QED) is 0.437. The fraction of sp³-hybridized carbons (Fsp3) is 0.0870. The van der Waals surface area contributed by atoms with Gasteiger partial charge in [-0.15, -0.1) is 11.3 Å². The molecule has 0 aliphatic heterocycles. The summed E-state index contributed by atoms with van der Waals surface area (Å²) in [5, 5.41) is 10.2. The SMILES string of the molecule is Cc1nc(COc2ccc(/C=C/C(=O)Nc3ccccc3-n3cccn3)cc2)cs1. The van der Waals surface area contributed by atoms with E-state index in [1.807, 2.05) is 73.1 Å². The Balaban J connectivity index is 1.35. The van der Waals surface area contributed by atoms with Gasteiger partial charge in [-0.3, -0.25) is 4.79 Å². The van der Waals surface area contributed by atoms with Crippen LogP contribution in [0.25, 0.3) is 11.8 Å². The highest BCUT2D eigenvalue weighted by molar-refractivity contribution is 7.09. The number of hydrogen-bond acceptors (Lipinski definition) is 5. The molecule has 6 nitrogen and oxygen atoms in total. The first kappa shape index (κ1) is 19.6. The lowest BCUT2D eigenvalue weighted by molar-refractivity contribution is -0.111. The number of rotatable bonds is 7. The van der Waals surface area contributed by atoms with Crippen LogP contribution in [0.4, 0.5) is 5.69 Å². The summed E-state index contributed by atoms with van der Waals surface area (Å²) in [6, 6.07) is 16.9. The molecule has 0 unspecified atom stereocenters. The number of thiazole rings is 1. The number of para-hydroxylation sites is 2. The van der Waals surface area contributed by atoms with E-state index in [4.69, 9.17) is 4.74 Å². The van der Waals surface area contributed by atoms with Crippen molar-refractivity contribution in [2.45, 2.75) is 13.5 Å². The number of aryl methyl sites for hydroxylation is 1. The van der Waals surface area contributed by atoms with Crippen molar-refractivity contribution in [1.82, 2.24) is 14.8 Å². The Morgan fingerprint density at radius 1 is 1.17 bits per heavy atom. The molecule has 1 amide bonds. The molecule has 2 heterocycles. The summed E-state index contributed by atoms with van der Waals surface area (Å²) in [7, 11) is 0. The molecule has 2 aromatic heterocycles. The number of benzene rings is 2. The van der Waals surface area contributed by atoms with Crippen LogP contribution in [0, 0.1) is 6.92 Å². The van der Waals surface area contributed by atoms with Crippen molar-refractivity contribution in [3.63, 3.8) is 0 Å². The third-order valence-corrected chi connectivity index (χ3v) is 5.10. The first-order valence-corrected chi connectivity index (χ1v) is 10.3. The van der Waals surface area contributed by atoms with Gasteiger partial charge in [-0.25, -0.2) is 9.67 Å². The molecule has 0 atom stereocenters. The molecular formula is C23H20N4O2S. The van der Waals surface area contributed by atoms with Crippen molar-refractivity contribution in [3.8, 4) is 11.4 Å². The third-order valence-electron chi connectivity index (χ3n) is 4.27. The molecule has 4 rings (SSSR count). The number of nitrogens with one attached hydrogen (secondary N) is 1. The summed E-state index contributed by atoms with van der Waals surface area (Å²) in [5.74, 6) is 0.546. The summed E-state index contributed by atoms with van der Waals surface area (Å²) in [6.07, 6.45) is 6.80. The Labute approximate surface area is 178 Å². The molecular weight excluding hydrogens is 396 g/mol. The summed E-state index contributed by atoms with van der Waals surface area (Å²) in [4.78, 5) is 16.8. The second-order valence-corrected chi connectivity index (χ2v) is 7.57. The molecule has 7 heteroatoms. The van der Waals surface area contributed by atoms with Crippen molar-refractivity contribution in [2.75, 3.05) is 5.32 Å². The molecule has 30 heavy (non-hydrogen) atoms. The second-order valence-electron chi connectivity index (χ2n) is 6.51. The minimum absolute atomic E-state index is 0.214. The lowest BCUT2D eigenvalue weighted by Crippen LogP contribution is -2.10. The van der Waals surface area contributed by atoms with Gasteiger partial charge in [0, 0.05) is 23.8 Å². The van der Waals surface area contributed by atoms with Gasteiger partial charge in [0.05, 0.1) is 22.1 Å². The van der Waals surface area contributed by atoms with Crippen molar-refractivity contribution < 1.29 is 9.53 Å². The second kappa shape index (κ2) is 9.19. The number of carbonyl (C=O) groups excluding carboxylic acids is 1. The minimum Gasteiger partial charge on any atom is -0.487 e. The first-order chi connectivity index (χ1) is 14.7. The Kier molecular flexibility index (Phi) is 6.01. The lowest BCUT2D eigenvalue weighted by Gasteiger charge is -2.09. The van der Waals surface area contributed by atoms with Crippen molar-refractivity contribution in [3.05, 3.63) is 94.7 Å². The molecule has 0 bridgehead atoms. The largest absolute Gasteiger partial charge is 0.487 e. The van der Waals surface area contributed by atoms with Crippen LogP contribution >= 0.6 is 11.3 Å². The maximum Gasteiger partial charge on any atom is 0.248 e. The molecule has 0 aliphatic carbocycles. The van der Waals surface area contributed by atoms with Gasteiger partial charge in [0.25, 0.3) is 0 Å². The molecule has 0 aliphatic rings. The molecule has 0 radical (unpaired) electrons. The van der Waals surface area contributed by atoms with E-state index in [1.165, 1.54) is 6.08 Å². The number of amides is 1. The first-order valence-electron chi connectivity index (χ1n) is 9.39. The van der Waals surface area contributed by atoms with E-state index in [-0.39, 0.29) is 5.91 Å². The fourth-order valence-electron chi connectivity index (χ4n) is 2.84. The molecule has 150 valence electrons. The van der Waals surface area contributed by atoms with Crippen LogP contribution in [0.5, 0.6) is 5.75 Å². The van der Waals surface area contributed by atoms with E-state index >= 15 is 0 Å². The van der Waals surface area contributed by atoms with Crippen LogP contribution in [-0.4, -0.2) is 20.7 Å². The van der Waals surface area contributed by atoms with E-state index in [1.54, 1.807) is 28.3 Å². The van der Waals surface area contributed by atoms with Crippen molar-refractivity contribution in [2.24, 2.45) is 0 Å². The normalized spacial score (nSPS) is 11.0. The van der Waals surface area contributed by atoms with E-state index in [9.17, 15) is 4.79 Å². The molecule has 0 fully saturated rings. The number of anilines is 1. The Bertz CT molecular complexity index is 1150. The highest BCUT2D eigenvalue weighted by Gasteiger charge is 2.06. The van der Waals surface area contributed by atoms with Gasteiger partial charge >= 0.3 is 0 Å². The van der Waals surface area contributed by atoms with Crippen molar-refractivity contribution >= 4 is 29.0 Å². The van der Waals surface area contributed by atoms with E-state index in [0.29, 0.717) is 12.3 Å². The summed E-state index contributed by atoms with van der Waals surface area (Å²) in [5.41, 5.74) is 3.33. The van der Waals surface area contributed by atoms with E-state index in [2.05, 4.69) is 15.4 Å². The van der Waals surface area contributed by atoms with Crippen LogP contribution < -0.4 is 10.1 Å². The zero-order chi connectivity index (χ0) is 20.8. The highest BCUT2D eigenvalue weighted by Crippen LogP contribution is 2.19. The van der Waals surface area contributed by atoms with Crippen LogP contribution in [0.1, 0.15) is 16.3 Å². The molecule has 0 saturated carbocycles. The summed E-state index contributed by atoms with van der Waals surface area (Å²) >= 11 is 1.61. The van der Waals surface area contributed by atoms with Crippen molar-refractivity contribution in [1.29, 1.82) is 0 Å². The Morgan fingerprint density at radius 2 is 2.00 bits per heavy atom. The predicted octanol–water partition coefficient (Wildman–Crippen LogP) is 4.87. The zero-order valence-electron chi connectivity index (χ0n) is 16.4. The molecule has 2 aromatic carbocycles. The standard InChI is InChI=1S/C23H20N4O2S/c1-17-25-19(16-30-17)15-29-20-10-7-18(8-11-20)9-12-23(28)26-21-5-2-3-6-22(21)27-14-4-13-24-27/h2-14,16H,15H2,1H3,(H,26,28)/b12-9+. The van der Waals surface area contributed by atoms with Crippen LogP contribution in [0.2, 0.25) is 0 Å². The Morgan fingerprint density at radius 3 is 2.73 bits per heavy atom. The zero-order valence-corrected chi connectivity index (χ0v) is 17.2. The van der Waals surface area contributed by atoms with Gasteiger partial charge in [0.15, 0.2) is 0 Å². The van der Waals surface area contributed by atoms with Crippen LogP contribution in [0.3, 0.4) is 0 Å². The number of nitrogens with zero attached hydrogens (tertiary/aromatic N) is 3. The smallest absolute Gasteiger partial charge is 0.248 e. The number of aromatic nitrogens is 3. The summed E-state index contributed by atoms with van der Waals surface area (Å²) < 4.78 is 7.46. The molecule has 0 spiro atoms. The van der Waals surface area contributed by atoms with E-state index in [0.717, 1.165) is 27.7 Å². The highest BCUT2D eigenvalue weighted by atomic mass is 32.1. The number of carbonyl (C=O) groups is 1. The number of hydrogen-bond donors (Lipinski definition) is 1. The summed E-state index contributed by atoms with van der Waals surface area (Å²) in [6.45, 7) is 2.42. The third kappa shape index (κ3) is 5.01. The predicted molar refractivity (Wildman–Crippen MR) is 119 cm³/mol. The van der Waals surface area contributed by atoms with E-state index < -0.39 is 0 Å². The lowest BCUT2D eigenvalue weighted by atomic mass is 10.2. The molecule has 0 saturated heterocycles. The van der Waals surface area contributed by atoms with Gasteiger partial charge < -0.3 is 10.1 Å². The minimum atomic E-state index is -0.214. The average Bonchev–Trinajstić information content (AvgIpc) is 3.44. The van der Waals surface area contributed by atoms with Gasteiger partial charge in [0.1, 0.15) is 12.4 Å². The topological polar surface area (TPSA) is 69.0 Å². The fourth-order valence-corrected chi connectivity index (χ4v) is 3.44. The van der Waals surface area contributed by atoms with Gasteiger partial charge in [-0.1, -0.05) is 24.3 Å². The average molecular weight is 417 g/mol. The monoisotopic (exact) mass is 416 g/mol. The van der Waals surface area contributed by atoms with Gasteiger partial charge in [-0.05, 0) is 48.9 Å². The van der Waals surface area contributed by atoms with Gasteiger partial charge in [0.2, 0.25) is 5.91 Å². The Hall–Kier alpha value is -3.71. The maximum absolute atomic E-state index is 12.4. The van der Waals surface area contributed by atoms with Crippen LogP contribution in [0.15, 0.2) is 78.4 Å². The van der Waals surface area contributed by atoms with Gasteiger partial charge in [-0.2, -0.15) is 5.10 Å². The maximum atomic E-state index is 12.4. The molecule has 1 N–H and O–H groups in total. The molecule has 4 aromatic rings. The van der Waals surface area contributed by atoms with Crippen LogP contribution in [-0.2, 0) is 11.4 Å².